The number of nitrogens with zero attached hydrogens (tertiary/aromatic N) is 1. The first-order chi connectivity index (χ1) is 7.03. The van der Waals surface area contributed by atoms with Crippen LogP contribution < -0.4 is 0 Å². The fraction of sp³-hybridized carbons (Fsp3) is 0.800. The smallest absolute Gasteiger partial charge is 0.230 e. The Morgan fingerprint density at radius 1 is 1.40 bits per heavy atom. The van der Waals surface area contributed by atoms with Crippen LogP contribution in [0.25, 0.3) is 0 Å². The number of likely N-dealkylation sites (tertiary alicyclic amines) is 1. The lowest BCUT2D eigenvalue weighted by Crippen LogP contribution is -2.44. The van der Waals surface area contributed by atoms with Crippen LogP contribution in [0.5, 0.6) is 0 Å². The van der Waals surface area contributed by atoms with Crippen LogP contribution >= 0.6 is 0 Å². The van der Waals surface area contributed by atoms with E-state index in [2.05, 4.69) is 0 Å². The molecule has 15 heavy (non-hydrogen) atoms. The lowest BCUT2D eigenvalue weighted by Gasteiger charge is -2.29. The van der Waals surface area contributed by atoms with E-state index in [-0.39, 0.29) is 22.9 Å². The highest BCUT2D eigenvalue weighted by molar-refractivity contribution is 7.86. The lowest BCUT2D eigenvalue weighted by atomic mass is 10.1. The van der Waals surface area contributed by atoms with E-state index >= 15 is 0 Å². The van der Waals surface area contributed by atoms with E-state index in [1.807, 2.05) is 0 Å². The van der Waals surface area contributed by atoms with Crippen molar-refractivity contribution in [3.8, 4) is 0 Å². The molecule has 0 aromatic heterocycles. The number of carbonyl (C=O) groups is 2. The summed E-state index contributed by atoms with van der Waals surface area (Å²) in [5, 5.41) is 0. The zero-order valence-electron chi connectivity index (χ0n) is 8.82. The molecular formula is C10H15NO3S. The van der Waals surface area contributed by atoms with E-state index < -0.39 is 10.8 Å². The van der Waals surface area contributed by atoms with E-state index in [4.69, 9.17) is 0 Å². The fourth-order valence-corrected chi connectivity index (χ4v) is 2.96. The summed E-state index contributed by atoms with van der Waals surface area (Å²) in [7, 11) is -0.869. The average molecular weight is 229 g/mol. The minimum atomic E-state index is -0.869. The Hall–Kier alpha value is -0.710. The second-order valence-corrected chi connectivity index (χ2v) is 6.19. The zero-order chi connectivity index (χ0) is 11.1. The molecule has 2 aliphatic rings. The Labute approximate surface area is 91.5 Å². The normalized spacial score (nSPS) is 26.6. The van der Waals surface area contributed by atoms with Gasteiger partial charge >= 0.3 is 0 Å². The summed E-state index contributed by atoms with van der Waals surface area (Å²) in [6.45, 7) is 1.08. The van der Waals surface area contributed by atoms with Gasteiger partial charge in [-0.3, -0.25) is 13.8 Å². The molecule has 1 aliphatic carbocycles. The molecule has 4 nitrogen and oxygen atoms in total. The highest BCUT2D eigenvalue weighted by Crippen LogP contribution is 2.42. The van der Waals surface area contributed by atoms with Gasteiger partial charge in [-0.25, -0.2) is 0 Å². The number of rotatable bonds is 3. The second kappa shape index (κ2) is 3.70. The van der Waals surface area contributed by atoms with Crippen molar-refractivity contribution in [1.82, 2.24) is 4.90 Å². The number of amides is 1. The molecule has 1 unspecified atom stereocenters. The van der Waals surface area contributed by atoms with Crippen LogP contribution in [-0.4, -0.2) is 44.9 Å². The Morgan fingerprint density at radius 2 is 2.07 bits per heavy atom. The van der Waals surface area contributed by atoms with Crippen molar-refractivity contribution in [2.45, 2.75) is 30.4 Å². The molecule has 2 rings (SSSR count). The molecule has 0 aromatic carbocycles. The van der Waals surface area contributed by atoms with Crippen LogP contribution in [0.3, 0.4) is 0 Å². The van der Waals surface area contributed by atoms with Gasteiger partial charge < -0.3 is 4.90 Å². The van der Waals surface area contributed by atoms with E-state index in [0.29, 0.717) is 19.5 Å². The quantitative estimate of drug-likeness (QED) is 0.644. The highest BCUT2D eigenvalue weighted by atomic mass is 32.2. The van der Waals surface area contributed by atoms with Crippen LogP contribution in [0.2, 0.25) is 0 Å². The molecule has 2 fully saturated rings. The maximum Gasteiger partial charge on any atom is 0.230 e. The Kier molecular flexibility index (Phi) is 2.66. The number of hydrogen-bond acceptors (Lipinski definition) is 3. The van der Waals surface area contributed by atoms with Gasteiger partial charge in [-0.15, -0.1) is 0 Å². The van der Waals surface area contributed by atoms with Crippen LogP contribution in [0.1, 0.15) is 25.7 Å². The molecule has 0 spiro atoms. The van der Waals surface area contributed by atoms with Gasteiger partial charge in [0.05, 0.1) is 11.2 Å². The average Bonchev–Trinajstić information content (AvgIpc) is 2.91. The molecule has 0 bridgehead atoms. The predicted octanol–water partition coefficient (Wildman–Crippen LogP) is 0.0890. The molecule has 0 N–H and O–H groups in total. The third kappa shape index (κ3) is 2.12. The predicted molar refractivity (Wildman–Crippen MR) is 56.9 cm³/mol. The number of ketones is 1. The van der Waals surface area contributed by atoms with E-state index in [1.54, 1.807) is 11.2 Å². The molecule has 5 heteroatoms. The molecule has 84 valence electrons. The van der Waals surface area contributed by atoms with Gasteiger partial charge in [-0.2, -0.15) is 0 Å². The first-order valence-corrected chi connectivity index (χ1v) is 6.72. The van der Waals surface area contributed by atoms with Gasteiger partial charge in [0.1, 0.15) is 5.78 Å². The summed E-state index contributed by atoms with van der Waals surface area (Å²) in [6, 6.07) is 0. The number of carbonyl (C=O) groups excluding carboxylic acids is 2. The largest absolute Gasteiger partial charge is 0.340 e. The third-order valence-electron chi connectivity index (χ3n) is 3.26. The molecule has 0 radical (unpaired) electrons. The molecule has 1 amide bonds. The van der Waals surface area contributed by atoms with E-state index in [1.165, 1.54) is 0 Å². The summed E-state index contributed by atoms with van der Waals surface area (Å²) in [5.41, 5.74) is 0. The summed E-state index contributed by atoms with van der Waals surface area (Å²) in [6.07, 6.45) is 4.07. The number of Topliss-reactive ketones (excluding diaryl/α,β-unsaturated/α-hetero) is 1. The van der Waals surface area contributed by atoms with Crippen molar-refractivity contribution >= 4 is 22.5 Å². The van der Waals surface area contributed by atoms with E-state index in [9.17, 15) is 13.8 Å². The maximum absolute atomic E-state index is 11.5. The minimum absolute atomic E-state index is 0.0266. The van der Waals surface area contributed by atoms with Crippen LogP contribution in [-0.2, 0) is 20.4 Å². The van der Waals surface area contributed by atoms with Crippen molar-refractivity contribution < 1.29 is 13.8 Å². The van der Waals surface area contributed by atoms with Gasteiger partial charge in [0, 0.05) is 36.6 Å². The highest BCUT2D eigenvalue weighted by Gasteiger charge is 2.49. The number of piperidine rings is 1. The topological polar surface area (TPSA) is 54.5 Å². The van der Waals surface area contributed by atoms with Gasteiger partial charge in [-0.1, -0.05) is 0 Å². The van der Waals surface area contributed by atoms with E-state index in [0.717, 1.165) is 12.8 Å². The van der Waals surface area contributed by atoms with Crippen molar-refractivity contribution in [3.63, 3.8) is 0 Å². The third-order valence-corrected chi connectivity index (χ3v) is 5.02. The fourth-order valence-electron chi connectivity index (χ4n) is 1.94. The number of hydrogen-bond donors (Lipinski definition) is 0. The van der Waals surface area contributed by atoms with Gasteiger partial charge in [-0.05, 0) is 12.8 Å². The summed E-state index contributed by atoms with van der Waals surface area (Å²) < 4.78 is 11.3. The summed E-state index contributed by atoms with van der Waals surface area (Å²) >= 11 is 0. The molecule has 1 saturated carbocycles. The molecule has 1 atom stereocenters. The lowest BCUT2D eigenvalue weighted by molar-refractivity contribution is -0.139. The Balaban J connectivity index is 1.98. The Bertz CT molecular complexity index is 336. The molecule has 1 aliphatic heterocycles. The monoisotopic (exact) mass is 229 g/mol. The molecule has 1 saturated heterocycles. The maximum atomic E-state index is 11.5. The summed E-state index contributed by atoms with van der Waals surface area (Å²) in [4.78, 5) is 24.3. The standard InChI is InChI=1S/C10H15NO3S/c1-15(14)10(3-4-10)7-11-5-2-8(12)6-9(11)13/h2-7H2,1H3. The zero-order valence-corrected chi connectivity index (χ0v) is 9.64. The Morgan fingerprint density at radius 3 is 2.53 bits per heavy atom. The SMILES string of the molecule is CS(=O)C1(CN2CCC(=O)CC2=O)CC1. The van der Waals surface area contributed by atoms with Crippen molar-refractivity contribution in [2.75, 3.05) is 19.3 Å². The van der Waals surface area contributed by atoms with Crippen molar-refractivity contribution in [1.29, 1.82) is 0 Å². The van der Waals surface area contributed by atoms with Crippen molar-refractivity contribution in [2.24, 2.45) is 0 Å². The van der Waals surface area contributed by atoms with Gasteiger partial charge in [0.2, 0.25) is 5.91 Å². The minimum Gasteiger partial charge on any atom is -0.340 e. The molecule has 1 heterocycles. The molecule has 0 aromatic rings. The summed E-state index contributed by atoms with van der Waals surface area (Å²) in [5.74, 6) is -0.0679. The van der Waals surface area contributed by atoms with Crippen LogP contribution in [0, 0.1) is 0 Å². The van der Waals surface area contributed by atoms with Crippen LogP contribution in [0.4, 0.5) is 0 Å². The van der Waals surface area contributed by atoms with Gasteiger partial charge in [0.15, 0.2) is 0 Å². The van der Waals surface area contributed by atoms with Crippen LogP contribution in [0.15, 0.2) is 0 Å². The first-order valence-electron chi connectivity index (χ1n) is 5.16. The second-order valence-electron chi connectivity index (χ2n) is 4.42. The first kappa shape index (κ1) is 10.8. The van der Waals surface area contributed by atoms with Gasteiger partial charge in [0.25, 0.3) is 0 Å². The molecular weight excluding hydrogens is 214 g/mol. The van der Waals surface area contributed by atoms with Crippen molar-refractivity contribution in [3.05, 3.63) is 0 Å².